The van der Waals surface area contributed by atoms with Crippen molar-refractivity contribution < 1.29 is 0 Å². The Balaban J connectivity index is 2.17. The lowest BCUT2D eigenvalue weighted by Gasteiger charge is -2.15. The third-order valence-corrected chi connectivity index (χ3v) is 4.85. The normalized spacial score (nSPS) is 12.8. The van der Waals surface area contributed by atoms with Gasteiger partial charge in [0.2, 0.25) is 0 Å². The number of likely N-dealkylation sites (N-methyl/N-ethyl adjacent to an activating group) is 1. The summed E-state index contributed by atoms with van der Waals surface area (Å²) in [5.74, 6) is 0. The average Bonchev–Trinajstić information content (AvgIpc) is 2.97. The third-order valence-electron chi connectivity index (χ3n) is 2.72. The summed E-state index contributed by atoms with van der Waals surface area (Å²) in [5.41, 5.74) is 1.11. The first-order chi connectivity index (χ1) is 8.74. The fraction of sp³-hybridized carbons (Fsp3) is 0.500. The highest BCUT2D eigenvalue weighted by molar-refractivity contribution is 7.16. The summed E-state index contributed by atoms with van der Waals surface area (Å²) in [7, 11) is 0. The molecule has 0 spiro atoms. The number of aromatic nitrogens is 2. The molecule has 0 aliphatic rings. The predicted molar refractivity (Wildman–Crippen MR) is 78.7 cm³/mol. The number of rotatable bonds is 6. The number of nitrogens with one attached hydrogen (secondary N) is 1. The molecule has 0 bridgehead atoms. The minimum atomic E-state index is 0.291. The van der Waals surface area contributed by atoms with Crippen LogP contribution in [0.5, 0.6) is 0 Å². The van der Waals surface area contributed by atoms with Crippen LogP contribution in [0.1, 0.15) is 35.3 Å². The SMILES string of the molecule is CCNC(Cc1ccc(Cl)s1)c1snnc1CC. The molecule has 0 aliphatic heterocycles. The predicted octanol–water partition coefficient (Wildman–Crippen LogP) is 3.71. The van der Waals surface area contributed by atoms with Crippen molar-refractivity contribution in [3.63, 3.8) is 0 Å². The number of nitrogens with zero attached hydrogens (tertiary/aromatic N) is 2. The first-order valence-corrected chi connectivity index (χ1v) is 8.00. The van der Waals surface area contributed by atoms with Gasteiger partial charge in [-0.05, 0) is 36.6 Å². The van der Waals surface area contributed by atoms with Gasteiger partial charge in [0.15, 0.2) is 0 Å². The van der Waals surface area contributed by atoms with Gasteiger partial charge in [-0.2, -0.15) is 0 Å². The van der Waals surface area contributed by atoms with Crippen LogP contribution < -0.4 is 5.32 Å². The van der Waals surface area contributed by atoms with Gasteiger partial charge in [0, 0.05) is 17.3 Å². The van der Waals surface area contributed by atoms with E-state index >= 15 is 0 Å². The highest BCUT2D eigenvalue weighted by Crippen LogP contribution is 2.29. The smallest absolute Gasteiger partial charge is 0.0931 e. The molecule has 6 heteroatoms. The van der Waals surface area contributed by atoms with Crippen LogP contribution in [0.4, 0.5) is 0 Å². The summed E-state index contributed by atoms with van der Waals surface area (Å²) in [6, 6.07) is 4.34. The molecule has 0 aromatic carbocycles. The van der Waals surface area contributed by atoms with E-state index in [0.717, 1.165) is 29.4 Å². The molecule has 3 nitrogen and oxygen atoms in total. The fourth-order valence-electron chi connectivity index (χ4n) is 1.89. The molecule has 0 saturated heterocycles. The average molecular weight is 302 g/mol. The van der Waals surface area contributed by atoms with Crippen LogP contribution in [-0.4, -0.2) is 16.1 Å². The number of halogens is 1. The van der Waals surface area contributed by atoms with Crippen LogP contribution in [-0.2, 0) is 12.8 Å². The van der Waals surface area contributed by atoms with Crippen molar-refractivity contribution in [2.45, 2.75) is 32.7 Å². The molecule has 2 aromatic heterocycles. The van der Waals surface area contributed by atoms with Crippen molar-refractivity contribution in [3.05, 3.63) is 31.9 Å². The van der Waals surface area contributed by atoms with E-state index in [-0.39, 0.29) is 0 Å². The molecule has 18 heavy (non-hydrogen) atoms. The first-order valence-electron chi connectivity index (χ1n) is 6.03. The summed E-state index contributed by atoms with van der Waals surface area (Å²) in [4.78, 5) is 2.55. The quantitative estimate of drug-likeness (QED) is 0.884. The highest BCUT2D eigenvalue weighted by atomic mass is 35.5. The first kappa shape index (κ1) is 13.9. The summed E-state index contributed by atoms with van der Waals surface area (Å²) >= 11 is 9.12. The van der Waals surface area contributed by atoms with Crippen molar-refractivity contribution in [2.75, 3.05) is 6.54 Å². The van der Waals surface area contributed by atoms with Crippen LogP contribution in [0.25, 0.3) is 0 Å². The molecular weight excluding hydrogens is 286 g/mol. The Bertz CT molecular complexity index is 495. The van der Waals surface area contributed by atoms with Crippen molar-refractivity contribution in [1.29, 1.82) is 0 Å². The van der Waals surface area contributed by atoms with Gasteiger partial charge in [-0.25, -0.2) is 0 Å². The minimum Gasteiger partial charge on any atom is -0.309 e. The third kappa shape index (κ3) is 3.29. The number of thiophene rings is 1. The van der Waals surface area contributed by atoms with Crippen molar-refractivity contribution in [1.82, 2.24) is 14.9 Å². The molecule has 0 amide bonds. The van der Waals surface area contributed by atoms with E-state index in [1.165, 1.54) is 21.3 Å². The summed E-state index contributed by atoms with van der Waals surface area (Å²) in [6.45, 7) is 5.17. The number of hydrogen-bond donors (Lipinski definition) is 1. The monoisotopic (exact) mass is 301 g/mol. The Labute approximate surface area is 120 Å². The summed E-state index contributed by atoms with van der Waals surface area (Å²) in [6.07, 6.45) is 1.88. The zero-order valence-electron chi connectivity index (χ0n) is 10.4. The molecule has 2 aromatic rings. The van der Waals surface area contributed by atoms with E-state index in [1.54, 1.807) is 11.3 Å². The number of hydrogen-bond acceptors (Lipinski definition) is 5. The number of aryl methyl sites for hydroxylation is 1. The largest absolute Gasteiger partial charge is 0.309 e. The van der Waals surface area contributed by atoms with E-state index in [9.17, 15) is 0 Å². The second-order valence-corrected chi connectivity index (χ2v) is 6.54. The zero-order valence-corrected chi connectivity index (χ0v) is 12.8. The maximum Gasteiger partial charge on any atom is 0.0931 e. The van der Waals surface area contributed by atoms with Gasteiger partial charge < -0.3 is 5.32 Å². The Morgan fingerprint density at radius 2 is 2.22 bits per heavy atom. The molecule has 0 saturated carbocycles. The lowest BCUT2D eigenvalue weighted by Crippen LogP contribution is -2.22. The van der Waals surface area contributed by atoms with E-state index in [2.05, 4.69) is 34.8 Å². The van der Waals surface area contributed by atoms with Gasteiger partial charge >= 0.3 is 0 Å². The maximum absolute atomic E-state index is 5.98. The topological polar surface area (TPSA) is 37.8 Å². The van der Waals surface area contributed by atoms with E-state index in [0.29, 0.717) is 6.04 Å². The highest BCUT2D eigenvalue weighted by Gasteiger charge is 2.18. The Hall–Kier alpha value is -0.490. The standard InChI is InChI=1S/C12H16ClN3S2/c1-3-9-12(18-16-15-9)10(14-4-2)7-8-5-6-11(13)17-8/h5-6,10,14H,3-4,7H2,1-2H3. The lowest BCUT2D eigenvalue weighted by atomic mass is 10.1. The summed E-state index contributed by atoms with van der Waals surface area (Å²) in [5, 5.41) is 7.70. The van der Waals surface area contributed by atoms with Gasteiger partial charge in [0.25, 0.3) is 0 Å². The van der Waals surface area contributed by atoms with Crippen molar-refractivity contribution in [2.24, 2.45) is 0 Å². The van der Waals surface area contributed by atoms with Crippen LogP contribution in [0, 0.1) is 0 Å². The molecule has 2 rings (SSSR count). The van der Waals surface area contributed by atoms with Crippen LogP contribution in [0.15, 0.2) is 12.1 Å². The van der Waals surface area contributed by atoms with Gasteiger partial charge in [0.05, 0.1) is 14.9 Å². The molecule has 98 valence electrons. The second-order valence-electron chi connectivity index (χ2n) is 3.96. The lowest BCUT2D eigenvalue weighted by molar-refractivity contribution is 0.556. The van der Waals surface area contributed by atoms with Crippen LogP contribution in [0.2, 0.25) is 4.34 Å². The molecular formula is C12H16ClN3S2. The molecule has 1 N–H and O–H groups in total. The second kappa shape index (κ2) is 6.61. The maximum atomic E-state index is 5.98. The molecule has 2 heterocycles. The van der Waals surface area contributed by atoms with Crippen LogP contribution in [0.3, 0.4) is 0 Å². The Morgan fingerprint density at radius 3 is 2.83 bits per heavy atom. The molecule has 0 fully saturated rings. The zero-order chi connectivity index (χ0) is 13.0. The molecule has 1 atom stereocenters. The fourth-order valence-corrected chi connectivity index (χ4v) is 3.84. The molecule has 0 aliphatic carbocycles. The van der Waals surface area contributed by atoms with E-state index in [1.807, 2.05) is 6.07 Å². The van der Waals surface area contributed by atoms with E-state index in [4.69, 9.17) is 11.6 Å². The van der Waals surface area contributed by atoms with Gasteiger partial charge in [-0.1, -0.05) is 29.9 Å². The molecule has 1 unspecified atom stereocenters. The van der Waals surface area contributed by atoms with Gasteiger partial charge in [-0.3, -0.25) is 0 Å². The van der Waals surface area contributed by atoms with Crippen molar-refractivity contribution in [3.8, 4) is 0 Å². The van der Waals surface area contributed by atoms with Gasteiger partial charge in [-0.15, -0.1) is 16.4 Å². The Morgan fingerprint density at radius 1 is 1.39 bits per heavy atom. The van der Waals surface area contributed by atoms with E-state index < -0.39 is 0 Å². The van der Waals surface area contributed by atoms with Crippen LogP contribution >= 0.6 is 34.5 Å². The van der Waals surface area contributed by atoms with Crippen molar-refractivity contribution >= 4 is 34.5 Å². The summed E-state index contributed by atoms with van der Waals surface area (Å²) < 4.78 is 4.92. The van der Waals surface area contributed by atoms with Gasteiger partial charge in [0.1, 0.15) is 0 Å². The molecule has 0 radical (unpaired) electrons. The Kier molecular flexibility index (Phi) is 5.12. The minimum absolute atomic E-state index is 0.291.